The summed E-state index contributed by atoms with van der Waals surface area (Å²) in [5, 5.41) is 0. The number of carbonyl (C=O) groups is 1. The van der Waals surface area contributed by atoms with Gasteiger partial charge in [0, 0.05) is 23.3 Å². The van der Waals surface area contributed by atoms with Crippen LogP contribution in [0, 0.1) is 0 Å². The van der Waals surface area contributed by atoms with Crippen LogP contribution in [0.5, 0.6) is 11.5 Å². The van der Waals surface area contributed by atoms with Crippen molar-refractivity contribution in [1.82, 2.24) is 4.90 Å². The monoisotopic (exact) mass is 405 g/mol. The molecular weight excluding hydrogens is 382 g/mol. The lowest BCUT2D eigenvalue weighted by atomic mass is 10.1. The number of thioether (sulfide) groups is 1. The van der Waals surface area contributed by atoms with Gasteiger partial charge >= 0.3 is 0 Å². The molecule has 4 rings (SSSR count). The molecule has 3 aromatic carbocycles. The highest BCUT2D eigenvalue weighted by Gasteiger charge is 2.24. The molecule has 1 amide bonds. The highest BCUT2D eigenvalue weighted by Crippen LogP contribution is 2.31. The maximum Gasteiger partial charge on any atom is 0.253 e. The van der Waals surface area contributed by atoms with Crippen LogP contribution in [0.4, 0.5) is 0 Å². The molecule has 1 aliphatic heterocycles. The Morgan fingerprint density at radius 2 is 1.66 bits per heavy atom. The van der Waals surface area contributed by atoms with E-state index in [9.17, 15) is 4.79 Å². The maximum atomic E-state index is 12.8. The van der Waals surface area contributed by atoms with E-state index >= 15 is 0 Å². The van der Waals surface area contributed by atoms with Gasteiger partial charge in [-0.2, -0.15) is 0 Å². The summed E-state index contributed by atoms with van der Waals surface area (Å²) in [4.78, 5) is 15.7. The van der Waals surface area contributed by atoms with Crippen LogP contribution >= 0.6 is 11.8 Å². The Morgan fingerprint density at radius 3 is 2.41 bits per heavy atom. The van der Waals surface area contributed by atoms with Crippen molar-refractivity contribution in [2.75, 3.05) is 20.2 Å². The first-order chi connectivity index (χ1) is 14.2. The van der Waals surface area contributed by atoms with E-state index in [2.05, 4.69) is 12.1 Å². The van der Waals surface area contributed by atoms with Gasteiger partial charge in [-0.3, -0.25) is 4.79 Å². The summed E-state index contributed by atoms with van der Waals surface area (Å²) < 4.78 is 11.7. The van der Waals surface area contributed by atoms with Gasteiger partial charge in [0.2, 0.25) is 0 Å². The molecule has 0 aromatic heterocycles. The minimum Gasteiger partial charge on any atom is -0.486 e. The number of amides is 1. The van der Waals surface area contributed by atoms with Gasteiger partial charge in [-0.15, -0.1) is 11.8 Å². The van der Waals surface area contributed by atoms with Crippen molar-refractivity contribution in [3.63, 3.8) is 0 Å². The Hall–Kier alpha value is -2.92. The van der Waals surface area contributed by atoms with Gasteiger partial charge in [0.05, 0.1) is 6.54 Å². The molecule has 0 saturated heterocycles. The molecular formula is C24H23NO3S. The van der Waals surface area contributed by atoms with E-state index in [1.165, 1.54) is 10.5 Å². The lowest BCUT2D eigenvalue weighted by Crippen LogP contribution is -2.41. The van der Waals surface area contributed by atoms with E-state index in [0.29, 0.717) is 18.7 Å². The van der Waals surface area contributed by atoms with Gasteiger partial charge in [0.25, 0.3) is 5.91 Å². The number of carbonyl (C=O) groups excluding carboxylic acids is 1. The number of para-hydroxylation sites is 2. The zero-order chi connectivity index (χ0) is 20.1. The second-order valence-corrected chi connectivity index (χ2v) is 8.03. The van der Waals surface area contributed by atoms with Crippen molar-refractivity contribution < 1.29 is 14.3 Å². The fourth-order valence-electron chi connectivity index (χ4n) is 3.19. The largest absolute Gasteiger partial charge is 0.486 e. The van der Waals surface area contributed by atoms with E-state index in [-0.39, 0.29) is 12.0 Å². The zero-order valence-corrected chi connectivity index (χ0v) is 17.1. The smallest absolute Gasteiger partial charge is 0.253 e. The first-order valence-electron chi connectivity index (χ1n) is 9.60. The van der Waals surface area contributed by atoms with Crippen molar-refractivity contribution >= 4 is 17.7 Å². The van der Waals surface area contributed by atoms with Crippen LogP contribution in [-0.4, -0.2) is 37.1 Å². The van der Waals surface area contributed by atoms with Gasteiger partial charge in [0.15, 0.2) is 17.6 Å². The number of benzene rings is 3. The Balaban J connectivity index is 1.32. The van der Waals surface area contributed by atoms with E-state index in [0.717, 1.165) is 17.3 Å². The summed E-state index contributed by atoms with van der Waals surface area (Å²) in [5.74, 6) is 2.34. The fraction of sp³-hybridized carbons (Fsp3) is 0.208. The topological polar surface area (TPSA) is 38.8 Å². The molecule has 148 valence electrons. The van der Waals surface area contributed by atoms with Gasteiger partial charge in [-0.05, 0) is 42.0 Å². The van der Waals surface area contributed by atoms with Crippen LogP contribution in [0.2, 0.25) is 0 Å². The Kier molecular flexibility index (Phi) is 6.06. The van der Waals surface area contributed by atoms with Crippen LogP contribution in [0.25, 0.3) is 0 Å². The molecule has 0 fully saturated rings. The van der Waals surface area contributed by atoms with Crippen LogP contribution < -0.4 is 9.47 Å². The Labute approximate surface area is 175 Å². The number of fused-ring (bicyclic) bond motifs is 1. The van der Waals surface area contributed by atoms with Crippen LogP contribution in [-0.2, 0) is 5.75 Å². The lowest BCUT2D eigenvalue weighted by molar-refractivity contribution is 0.0521. The lowest BCUT2D eigenvalue weighted by Gasteiger charge is -2.29. The normalized spacial score (nSPS) is 15.0. The first-order valence-corrected chi connectivity index (χ1v) is 10.6. The van der Waals surface area contributed by atoms with Crippen molar-refractivity contribution in [2.45, 2.75) is 16.8 Å². The molecule has 0 N–H and O–H groups in total. The van der Waals surface area contributed by atoms with E-state index in [1.807, 2.05) is 66.7 Å². The van der Waals surface area contributed by atoms with Gasteiger partial charge in [-0.25, -0.2) is 0 Å². The van der Waals surface area contributed by atoms with Crippen LogP contribution in [0.3, 0.4) is 0 Å². The number of rotatable bonds is 6. The van der Waals surface area contributed by atoms with Gasteiger partial charge in [-0.1, -0.05) is 42.5 Å². The van der Waals surface area contributed by atoms with Gasteiger partial charge in [0.1, 0.15) is 6.61 Å². The highest BCUT2D eigenvalue weighted by atomic mass is 32.2. The number of likely N-dealkylation sites (N-methyl/N-ethyl adjacent to an activating group) is 1. The average molecular weight is 406 g/mol. The molecule has 1 heterocycles. The molecule has 1 atom stereocenters. The van der Waals surface area contributed by atoms with Crippen molar-refractivity contribution in [2.24, 2.45) is 0 Å². The average Bonchev–Trinajstić information content (AvgIpc) is 2.78. The molecule has 0 saturated carbocycles. The predicted molar refractivity (Wildman–Crippen MR) is 116 cm³/mol. The highest BCUT2D eigenvalue weighted by molar-refractivity contribution is 7.98. The maximum absolute atomic E-state index is 12.8. The number of ether oxygens (including phenoxy) is 2. The molecule has 0 radical (unpaired) electrons. The molecule has 4 nitrogen and oxygen atoms in total. The second kappa shape index (κ2) is 9.05. The summed E-state index contributed by atoms with van der Waals surface area (Å²) in [6.07, 6.45) is -0.180. The minimum absolute atomic E-state index is 0.0188. The summed E-state index contributed by atoms with van der Waals surface area (Å²) in [6.45, 7) is 0.906. The number of hydrogen-bond donors (Lipinski definition) is 0. The van der Waals surface area contributed by atoms with E-state index < -0.39 is 0 Å². The van der Waals surface area contributed by atoms with Crippen molar-refractivity contribution in [3.8, 4) is 11.5 Å². The predicted octanol–water partition coefficient (Wildman–Crippen LogP) is 4.89. The minimum atomic E-state index is -0.180. The zero-order valence-electron chi connectivity index (χ0n) is 16.3. The molecule has 1 unspecified atom stereocenters. The quantitative estimate of drug-likeness (QED) is 0.547. The molecule has 0 aliphatic carbocycles. The third-order valence-corrected chi connectivity index (χ3v) is 5.82. The number of nitrogens with zero attached hydrogens (tertiary/aromatic N) is 1. The first kappa shape index (κ1) is 19.4. The Bertz CT molecular complexity index is 959. The molecule has 29 heavy (non-hydrogen) atoms. The fourth-order valence-corrected chi connectivity index (χ4v) is 4.06. The molecule has 0 bridgehead atoms. The molecule has 5 heteroatoms. The standard InChI is InChI=1S/C24H23NO3S/c1-25(15-20-16-27-22-9-5-6-10-23(22)28-20)24(26)19-13-11-18(12-14-19)17-29-21-7-3-2-4-8-21/h2-14,20H,15-17H2,1H3. The second-order valence-electron chi connectivity index (χ2n) is 6.98. The third-order valence-electron chi connectivity index (χ3n) is 4.74. The summed E-state index contributed by atoms with van der Waals surface area (Å²) in [7, 11) is 1.80. The van der Waals surface area contributed by atoms with Crippen molar-refractivity contribution in [3.05, 3.63) is 90.0 Å². The summed E-state index contributed by atoms with van der Waals surface area (Å²) in [5.41, 5.74) is 1.87. The SMILES string of the molecule is CN(CC1COc2ccccc2O1)C(=O)c1ccc(CSc2ccccc2)cc1. The molecule has 1 aliphatic rings. The van der Waals surface area contributed by atoms with Crippen LogP contribution in [0.15, 0.2) is 83.8 Å². The number of hydrogen-bond acceptors (Lipinski definition) is 4. The third kappa shape index (κ3) is 4.93. The van der Waals surface area contributed by atoms with Crippen molar-refractivity contribution in [1.29, 1.82) is 0 Å². The molecule has 3 aromatic rings. The van der Waals surface area contributed by atoms with Gasteiger partial charge < -0.3 is 14.4 Å². The Morgan fingerprint density at radius 1 is 0.966 bits per heavy atom. The summed E-state index contributed by atoms with van der Waals surface area (Å²) >= 11 is 1.79. The van der Waals surface area contributed by atoms with E-state index in [1.54, 1.807) is 23.7 Å². The molecule has 0 spiro atoms. The van der Waals surface area contributed by atoms with E-state index in [4.69, 9.17) is 9.47 Å². The summed E-state index contributed by atoms with van der Waals surface area (Å²) in [6, 6.07) is 25.7. The van der Waals surface area contributed by atoms with Crippen LogP contribution in [0.1, 0.15) is 15.9 Å².